The largest absolute Gasteiger partial charge is 0.467 e. The number of nitrogens with zero attached hydrogens (tertiary/aromatic N) is 2. The van der Waals surface area contributed by atoms with Crippen molar-refractivity contribution >= 4 is 27.3 Å². The van der Waals surface area contributed by atoms with Crippen molar-refractivity contribution in [3.05, 3.63) is 84.3 Å². The molecule has 0 saturated heterocycles. The van der Waals surface area contributed by atoms with Crippen LogP contribution in [0.2, 0.25) is 0 Å². The monoisotopic (exact) mass is 409 g/mol. The van der Waals surface area contributed by atoms with Crippen LogP contribution in [0.5, 0.6) is 0 Å². The van der Waals surface area contributed by atoms with E-state index < -0.39 is 16.1 Å². The Morgan fingerprint density at radius 2 is 1.79 bits per heavy atom. The minimum Gasteiger partial charge on any atom is -0.467 e. The molecule has 7 nitrogen and oxygen atoms in total. The second kappa shape index (κ2) is 7.56. The Kier molecular flexibility index (Phi) is 4.94. The van der Waals surface area contributed by atoms with Crippen molar-refractivity contribution in [2.45, 2.75) is 24.3 Å². The summed E-state index contributed by atoms with van der Waals surface area (Å²) in [5.74, 6) is 0.368. The number of benzene rings is 2. The highest BCUT2D eigenvalue weighted by molar-refractivity contribution is 7.89. The summed E-state index contributed by atoms with van der Waals surface area (Å²) < 4.78 is 33.1. The molecular weight excluding hydrogens is 390 g/mol. The molecule has 0 radical (unpaired) electrons. The van der Waals surface area contributed by atoms with E-state index in [4.69, 9.17) is 4.42 Å². The lowest BCUT2D eigenvalue weighted by atomic mass is 10.0. The third-order valence-corrected chi connectivity index (χ3v) is 6.27. The number of anilines is 1. The van der Waals surface area contributed by atoms with E-state index in [0.29, 0.717) is 23.6 Å². The maximum Gasteiger partial charge on any atom is 0.279 e. The van der Waals surface area contributed by atoms with Gasteiger partial charge in [0.05, 0.1) is 16.9 Å². The topological polar surface area (TPSA) is 92.0 Å². The number of nitrogens with one attached hydrogen (secondary N) is 1. The molecule has 4 rings (SSSR count). The fraction of sp³-hybridized carbons (Fsp3) is 0.143. The zero-order chi connectivity index (χ0) is 20.4. The van der Waals surface area contributed by atoms with Crippen LogP contribution in [0.3, 0.4) is 0 Å². The van der Waals surface area contributed by atoms with Crippen molar-refractivity contribution in [2.75, 3.05) is 5.32 Å². The summed E-state index contributed by atoms with van der Waals surface area (Å²) >= 11 is 0. The number of sulfonamides is 1. The van der Waals surface area contributed by atoms with E-state index in [1.807, 2.05) is 12.1 Å². The van der Waals surface area contributed by atoms with Crippen LogP contribution >= 0.6 is 0 Å². The van der Waals surface area contributed by atoms with E-state index >= 15 is 0 Å². The van der Waals surface area contributed by atoms with Gasteiger partial charge in [-0.2, -0.15) is 17.9 Å². The van der Waals surface area contributed by atoms with E-state index in [0.717, 1.165) is 9.98 Å². The van der Waals surface area contributed by atoms with Crippen molar-refractivity contribution in [1.29, 1.82) is 0 Å². The van der Waals surface area contributed by atoms with E-state index in [2.05, 4.69) is 10.4 Å². The summed E-state index contributed by atoms with van der Waals surface area (Å²) in [6.45, 7) is 1.44. The van der Waals surface area contributed by atoms with Gasteiger partial charge in [-0.1, -0.05) is 30.3 Å². The van der Waals surface area contributed by atoms with E-state index in [-0.39, 0.29) is 10.8 Å². The summed E-state index contributed by atoms with van der Waals surface area (Å²) in [6, 6.07) is 18.2. The second-order valence-electron chi connectivity index (χ2n) is 6.63. The molecule has 1 aliphatic rings. The first kappa shape index (κ1) is 18.9. The Hall–Kier alpha value is -3.39. The Morgan fingerprint density at radius 3 is 2.41 bits per heavy atom. The maximum atomic E-state index is 13.2. The standard InChI is InChI=1S/C21H19N3O4S/c1-15(25)22-17-11-9-16(10-12-17)19-14-20(21-8-5-13-28-21)24(23-19)29(26,27)18-6-3-2-4-7-18/h2-13,20H,14H2,1H3,(H,22,25). The number of hydrogen-bond acceptors (Lipinski definition) is 5. The summed E-state index contributed by atoms with van der Waals surface area (Å²) in [5, 5.41) is 7.16. The predicted octanol–water partition coefficient (Wildman–Crippen LogP) is 3.78. The van der Waals surface area contributed by atoms with Gasteiger partial charge in [-0.15, -0.1) is 0 Å². The highest BCUT2D eigenvalue weighted by Gasteiger charge is 2.39. The van der Waals surface area contributed by atoms with Crippen molar-refractivity contribution in [2.24, 2.45) is 5.10 Å². The molecule has 2 aromatic carbocycles. The Morgan fingerprint density at radius 1 is 1.07 bits per heavy atom. The van der Waals surface area contributed by atoms with Gasteiger partial charge < -0.3 is 9.73 Å². The van der Waals surface area contributed by atoms with Gasteiger partial charge in [0.15, 0.2) is 0 Å². The smallest absolute Gasteiger partial charge is 0.279 e. The summed E-state index contributed by atoms with van der Waals surface area (Å²) in [5.41, 5.74) is 2.07. The number of rotatable bonds is 5. The first-order chi connectivity index (χ1) is 13.9. The number of carbonyl (C=O) groups excluding carboxylic acids is 1. The van der Waals surface area contributed by atoms with Gasteiger partial charge in [0.2, 0.25) is 5.91 Å². The predicted molar refractivity (Wildman–Crippen MR) is 109 cm³/mol. The van der Waals surface area contributed by atoms with Crippen LogP contribution < -0.4 is 5.32 Å². The van der Waals surface area contributed by atoms with Gasteiger partial charge in [-0.3, -0.25) is 4.79 Å². The molecule has 0 saturated carbocycles. The number of hydrazone groups is 1. The molecule has 1 aliphatic heterocycles. The number of amides is 1. The summed E-state index contributed by atoms with van der Waals surface area (Å²) in [6.07, 6.45) is 1.89. The normalized spacial score (nSPS) is 16.5. The molecule has 1 amide bonds. The zero-order valence-electron chi connectivity index (χ0n) is 15.6. The molecule has 2 heterocycles. The summed E-state index contributed by atoms with van der Waals surface area (Å²) in [4.78, 5) is 11.4. The fourth-order valence-corrected chi connectivity index (χ4v) is 4.66. The van der Waals surface area contributed by atoms with Crippen molar-refractivity contribution in [1.82, 2.24) is 4.41 Å². The van der Waals surface area contributed by atoms with Crippen molar-refractivity contribution in [3.8, 4) is 0 Å². The lowest BCUT2D eigenvalue weighted by Gasteiger charge is -2.21. The molecule has 1 atom stereocenters. The van der Waals surface area contributed by atoms with Crippen LogP contribution in [0.25, 0.3) is 0 Å². The number of carbonyl (C=O) groups is 1. The summed E-state index contributed by atoms with van der Waals surface area (Å²) in [7, 11) is -3.85. The van der Waals surface area contributed by atoms with E-state index in [9.17, 15) is 13.2 Å². The molecule has 1 unspecified atom stereocenters. The van der Waals surface area contributed by atoms with Crippen LogP contribution in [0, 0.1) is 0 Å². The lowest BCUT2D eigenvalue weighted by Crippen LogP contribution is -2.27. The molecule has 29 heavy (non-hydrogen) atoms. The minimum atomic E-state index is -3.85. The van der Waals surface area contributed by atoms with Gasteiger partial charge in [0.1, 0.15) is 11.8 Å². The van der Waals surface area contributed by atoms with Gasteiger partial charge in [-0.25, -0.2) is 0 Å². The van der Waals surface area contributed by atoms with E-state index in [1.54, 1.807) is 54.6 Å². The van der Waals surface area contributed by atoms with Crippen LogP contribution in [0.4, 0.5) is 5.69 Å². The maximum absolute atomic E-state index is 13.2. The Bertz CT molecular complexity index is 1140. The Labute approximate surface area is 168 Å². The molecule has 148 valence electrons. The molecule has 0 spiro atoms. The molecule has 3 aromatic rings. The fourth-order valence-electron chi connectivity index (χ4n) is 3.23. The molecule has 0 fully saturated rings. The molecule has 0 bridgehead atoms. The number of hydrogen-bond donors (Lipinski definition) is 1. The molecule has 1 aromatic heterocycles. The highest BCUT2D eigenvalue weighted by atomic mass is 32.2. The second-order valence-corrected chi connectivity index (χ2v) is 8.43. The average Bonchev–Trinajstić information content (AvgIpc) is 3.39. The highest BCUT2D eigenvalue weighted by Crippen LogP contribution is 2.37. The van der Waals surface area contributed by atoms with E-state index in [1.165, 1.54) is 13.2 Å². The van der Waals surface area contributed by atoms with Crippen LogP contribution in [0.1, 0.15) is 30.7 Å². The van der Waals surface area contributed by atoms with Gasteiger partial charge in [0.25, 0.3) is 10.0 Å². The SMILES string of the molecule is CC(=O)Nc1ccc(C2=NN(S(=O)(=O)c3ccccc3)C(c3ccco3)C2)cc1. The number of furan rings is 1. The van der Waals surface area contributed by atoms with Crippen LogP contribution in [-0.2, 0) is 14.8 Å². The molecule has 8 heteroatoms. The van der Waals surface area contributed by atoms with Crippen molar-refractivity contribution < 1.29 is 17.6 Å². The Balaban J connectivity index is 1.71. The molecule has 1 N–H and O–H groups in total. The van der Waals surface area contributed by atoms with Gasteiger partial charge >= 0.3 is 0 Å². The lowest BCUT2D eigenvalue weighted by molar-refractivity contribution is -0.114. The third kappa shape index (κ3) is 3.79. The quantitative estimate of drug-likeness (QED) is 0.694. The van der Waals surface area contributed by atoms with Gasteiger partial charge in [-0.05, 0) is 42.0 Å². The first-order valence-electron chi connectivity index (χ1n) is 9.03. The molecular formula is C21H19N3O4S. The first-order valence-corrected chi connectivity index (χ1v) is 10.5. The molecule has 0 aliphatic carbocycles. The minimum absolute atomic E-state index is 0.158. The van der Waals surface area contributed by atoms with Crippen molar-refractivity contribution in [3.63, 3.8) is 0 Å². The van der Waals surface area contributed by atoms with Crippen LogP contribution in [-0.4, -0.2) is 24.5 Å². The average molecular weight is 409 g/mol. The van der Waals surface area contributed by atoms with Crippen LogP contribution in [0.15, 0.2) is 87.4 Å². The van der Waals surface area contributed by atoms with Gasteiger partial charge in [0, 0.05) is 19.0 Å². The third-order valence-electron chi connectivity index (χ3n) is 4.57. The zero-order valence-corrected chi connectivity index (χ0v) is 16.5.